The number of benzene rings is 3. The summed E-state index contributed by atoms with van der Waals surface area (Å²) in [7, 11) is 0. The van der Waals surface area contributed by atoms with Gasteiger partial charge in [-0.2, -0.15) is 0 Å². The number of fused-ring (bicyclic) bond motifs is 3. The van der Waals surface area contributed by atoms with E-state index in [1.807, 2.05) is 42.5 Å². The first-order valence-electron chi connectivity index (χ1n) is 10.3. The lowest BCUT2D eigenvalue weighted by atomic mass is 10.0. The maximum atomic E-state index is 12.3. The molecule has 0 saturated carbocycles. The van der Waals surface area contributed by atoms with Crippen molar-refractivity contribution in [3.8, 4) is 17.1 Å². The smallest absolute Gasteiger partial charge is 0.337 e. The van der Waals surface area contributed by atoms with E-state index in [4.69, 9.17) is 14.9 Å². The Kier molecular flexibility index (Phi) is 5.16. The molecule has 2 aromatic heterocycles. The normalized spacial score (nSPS) is 11.2. The number of aromatic nitrogens is 1. The highest BCUT2D eigenvalue weighted by atomic mass is 16.5. The molecular weight excluding hydrogens is 420 g/mol. The number of esters is 1. The number of carbonyl (C=O) groups is 2. The van der Waals surface area contributed by atoms with Gasteiger partial charge >= 0.3 is 5.97 Å². The number of rotatable bonds is 6. The van der Waals surface area contributed by atoms with Crippen LogP contribution in [0.4, 0.5) is 0 Å². The molecule has 33 heavy (non-hydrogen) atoms. The molecule has 0 atom stereocenters. The van der Waals surface area contributed by atoms with Crippen molar-refractivity contribution in [1.29, 1.82) is 0 Å². The van der Waals surface area contributed by atoms with Crippen LogP contribution in [0.15, 0.2) is 83.5 Å². The summed E-state index contributed by atoms with van der Waals surface area (Å²) in [5, 5.41) is 10.5. The Morgan fingerprint density at radius 1 is 0.939 bits per heavy atom. The predicted octanol–water partition coefficient (Wildman–Crippen LogP) is 4.10. The first-order valence-corrected chi connectivity index (χ1v) is 10.3. The Labute approximate surface area is 188 Å². The van der Waals surface area contributed by atoms with Gasteiger partial charge in [-0.25, -0.2) is 4.79 Å². The van der Waals surface area contributed by atoms with Gasteiger partial charge in [-0.1, -0.05) is 36.4 Å². The van der Waals surface area contributed by atoms with Crippen LogP contribution in [0.1, 0.15) is 15.9 Å². The number of nitrogens with zero attached hydrogens (tertiary/aromatic N) is 1. The number of ether oxygens (including phenoxy) is 1. The standard InChI is InChI=1S/C26H20N2O5/c27-26(31)18-8-4-9-19-24(18)25-20(28(19)14-16-6-2-1-3-7-16)12-17(21-10-5-11-32-21)13-22(25)33-23(30)15-29/h1-13,29H,14-15H2,(H2,27,31). The largest absolute Gasteiger partial charge is 0.464 e. The van der Waals surface area contributed by atoms with Crippen LogP contribution in [0.5, 0.6) is 5.75 Å². The summed E-state index contributed by atoms with van der Waals surface area (Å²) in [5.74, 6) is -0.601. The molecule has 0 unspecified atom stereocenters. The summed E-state index contributed by atoms with van der Waals surface area (Å²) in [5.41, 5.74) is 9.26. The van der Waals surface area contributed by atoms with Crippen molar-refractivity contribution >= 4 is 33.7 Å². The van der Waals surface area contributed by atoms with E-state index in [1.165, 1.54) is 0 Å². The van der Waals surface area contributed by atoms with Crippen LogP contribution in [0.3, 0.4) is 0 Å². The van der Waals surface area contributed by atoms with Gasteiger partial charge < -0.3 is 24.6 Å². The molecule has 7 heteroatoms. The van der Waals surface area contributed by atoms with Crippen LogP contribution < -0.4 is 10.5 Å². The first kappa shape index (κ1) is 20.5. The summed E-state index contributed by atoms with van der Waals surface area (Å²) < 4.78 is 13.2. The monoisotopic (exact) mass is 440 g/mol. The lowest BCUT2D eigenvalue weighted by Gasteiger charge is -2.11. The summed E-state index contributed by atoms with van der Waals surface area (Å²) in [6.07, 6.45) is 1.56. The van der Waals surface area contributed by atoms with E-state index in [9.17, 15) is 14.7 Å². The molecule has 5 aromatic rings. The van der Waals surface area contributed by atoms with Gasteiger partial charge in [-0.15, -0.1) is 0 Å². The number of primary amides is 1. The molecule has 0 aliphatic rings. The molecule has 7 nitrogen and oxygen atoms in total. The third kappa shape index (κ3) is 3.64. The quantitative estimate of drug-likeness (QED) is 0.305. The van der Waals surface area contributed by atoms with E-state index in [-0.39, 0.29) is 5.75 Å². The zero-order valence-corrected chi connectivity index (χ0v) is 17.5. The van der Waals surface area contributed by atoms with E-state index in [2.05, 4.69) is 4.57 Å². The van der Waals surface area contributed by atoms with Crippen molar-refractivity contribution < 1.29 is 23.8 Å². The zero-order valence-electron chi connectivity index (χ0n) is 17.5. The first-order chi connectivity index (χ1) is 16.1. The summed E-state index contributed by atoms with van der Waals surface area (Å²) in [4.78, 5) is 24.4. The van der Waals surface area contributed by atoms with Gasteiger partial charge in [0.2, 0.25) is 5.91 Å². The molecule has 0 saturated heterocycles. The van der Waals surface area contributed by atoms with Crippen molar-refractivity contribution in [2.24, 2.45) is 5.73 Å². The van der Waals surface area contributed by atoms with Crippen molar-refractivity contribution in [1.82, 2.24) is 4.57 Å². The van der Waals surface area contributed by atoms with Crippen LogP contribution in [0, 0.1) is 0 Å². The second-order valence-electron chi connectivity index (χ2n) is 7.61. The molecule has 0 fully saturated rings. The van der Waals surface area contributed by atoms with Crippen LogP contribution in [0.25, 0.3) is 33.1 Å². The summed E-state index contributed by atoms with van der Waals surface area (Å²) in [6.45, 7) is -0.268. The maximum Gasteiger partial charge on any atom is 0.337 e. The number of aliphatic hydroxyl groups excluding tert-OH is 1. The van der Waals surface area contributed by atoms with Crippen molar-refractivity contribution in [3.63, 3.8) is 0 Å². The van der Waals surface area contributed by atoms with Crippen LogP contribution in [0.2, 0.25) is 0 Å². The van der Waals surface area contributed by atoms with E-state index in [0.29, 0.717) is 34.2 Å². The molecule has 3 aromatic carbocycles. The van der Waals surface area contributed by atoms with Gasteiger partial charge in [-0.3, -0.25) is 4.79 Å². The highest BCUT2D eigenvalue weighted by Crippen LogP contribution is 2.41. The number of amides is 1. The Morgan fingerprint density at radius 2 is 1.76 bits per heavy atom. The topological polar surface area (TPSA) is 108 Å². The molecule has 0 radical (unpaired) electrons. The molecule has 0 aliphatic heterocycles. The number of carbonyl (C=O) groups excluding carboxylic acids is 2. The molecule has 5 rings (SSSR count). The Morgan fingerprint density at radius 3 is 2.45 bits per heavy atom. The zero-order chi connectivity index (χ0) is 22.9. The van der Waals surface area contributed by atoms with Gasteiger partial charge in [-0.05, 0) is 42.0 Å². The molecule has 164 valence electrons. The highest BCUT2D eigenvalue weighted by molar-refractivity contribution is 6.20. The Balaban J connectivity index is 1.90. The van der Waals surface area contributed by atoms with E-state index < -0.39 is 18.5 Å². The summed E-state index contributed by atoms with van der Waals surface area (Å²) in [6, 6.07) is 22.4. The van der Waals surface area contributed by atoms with E-state index in [0.717, 1.165) is 16.6 Å². The minimum Gasteiger partial charge on any atom is -0.464 e. The average Bonchev–Trinajstić information content (AvgIpc) is 3.47. The third-order valence-corrected chi connectivity index (χ3v) is 5.56. The predicted molar refractivity (Wildman–Crippen MR) is 124 cm³/mol. The lowest BCUT2D eigenvalue weighted by molar-refractivity contribution is -0.137. The molecule has 2 heterocycles. The molecule has 0 spiro atoms. The second-order valence-corrected chi connectivity index (χ2v) is 7.61. The van der Waals surface area contributed by atoms with Crippen LogP contribution >= 0.6 is 0 Å². The fraction of sp³-hybridized carbons (Fsp3) is 0.0769. The second kappa shape index (κ2) is 8.29. The molecule has 0 bridgehead atoms. The van der Waals surface area contributed by atoms with Crippen molar-refractivity contribution in [2.75, 3.05) is 6.61 Å². The van der Waals surface area contributed by atoms with Crippen LogP contribution in [-0.4, -0.2) is 28.2 Å². The van der Waals surface area contributed by atoms with Gasteiger partial charge in [0.15, 0.2) is 0 Å². The fourth-order valence-corrected chi connectivity index (χ4v) is 4.18. The van der Waals surface area contributed by atoms with Crippen molar-refractivity contribution in [2.45, 2.75) is 6.54 Å². The lowest BCUT2D eigenvalue weighted by Crippen LogP contribution is -2.13. The number of nitrogens with two attached hydrogens (primary N) is 1. The molecular formula is C26H20N2O5. The molecule has 3 N–H and O–H groups in total. The third-order valence-electron chi connectivity index (χ3n) is 5.56. The number of hydrogen-bond acceptors (Lipinski definition) is 5. The van der Waals surface area contributed by atoms with Gasteiger partial charge in [0.1, 0.15) is 18.1 Å². The number of aliphatic hydroxyl groups is 1. The van der Waals surface area contributed by atoms with E-state index >= 15 is 0 Å². The fourth-order valence-electron chi connectivity index (χ4n) is 4.18. The Bertz CT molecular complexity index is 1480. The van der Waals surface area contributed by atoms with Crippen LogP contribution in [-0.2, 0) is 11.3 Å². The Hall–Kier alpha value is -4.36. The number of furan rings is 1. The van der Waals surface area contributed by atoms with Gasteiger partial charge in [0, 0.05) is 23.1 Å². The van der Waals surface area contributed by atoms with Gasteiger partial charge in [0.25, 0.3) is 0 Å². The van der Waals surface area contributed by atoms with Gasteiger partial charge in [0.05, 0.1) is 22.7 Å². The molecule has 1 amide bonds. The highest BCUT2D eigenvalue weighted by Gasteiger charge is 2.22. The molecule has 0 aliphatic carbocycles. The SMILES string of the molecule is NC(=O)c1cccc2c1c1c(OC(=O)CO)cc(-c3ccco3)cc1n2Cc1ccccc1. The average molecular weight is 440 g/mol. The minimum atomic E-state index is -0.812. The van der Waals surface area contributed by atoms with Crippen molar-refractivity contribution in [3.05, 3.63) is 90.2 Å². The van der Waals surface area contributed by atoms with E-state index in [1.54, 1.807) is 36.6 Å². The summed E-state index contributed by atoms with van der Waals surface area (Å²) >= 11 is 0. The maximum absolute atomic E-state index is 12.3. The number of hydrogen-bond donors (Lipinski definition) is 2. The minimum absolute atomic E-state index is 0.212.